The summed E-state index contributed by atoms with van der Waals surface area (Å²) < 4.78 is 7.03. The second kappa shape index (κ2) is 5.85. The van der Waals surface area contributed by atoms with E-state index in [0.717, 1.165) is 9.84 Å². The molecule has 0 saturated heterocycles. The van der Waals surface area contributed by atoms with Gasteiger partial charge in [-0.05, 0) is 44.9 Å². The van der Waals surface area contributed by atoms with E-state index < -0.39 is 0 Å². The zero-order chi connectivity index (χ0) is 10.7. The average molecular weight is 322 g/mol. The molecule has 0 spiro atoms. The van der Waals surface area contributed by atoms with Crippen LogP contribution in [-0.2, 0) is 4.74 Å². The Balaban J connectivity index is 1.77. The van der Waals surface area contributed by atoms with Gasteiger partial charge in [-0.3, -0.25) is 0 Å². The minimum atomic E-state index is 0.505. The molecule has 88 valence electrons. The van der Waals surface area contributed by atoms with E-state index in [1.807, 2.05) is 0 Å². The molecule has 0 aliphatic heterocycles. The molecule has 0 aromatic heterocycles. The molecule has 3 atom stereocenters. The van der Waals surface area contributed by atoms with Gasteiger partial charge in [0.25, 0.3) is 0 Å². The lowest BCUT2D eigenvalue weighted by Crippen LogP contribution is -2.30. The predicted octanol–water partition coefficient (Wildman–Crippen LogP) is 4.33. The van der Waals surface area contributed by atoms with Crippen molar-refractivity contribution in [1.82, 2.24) is 0 Å². The van der Waals surface area contributed by atoms with E-state index in [1.165, 1.54) is 51.4 Å². The summed E-state index contributed by atoms with van der Waals surface area (Å²) in [5.74, 6) is 0.850. The van der Waals surface area contributed by atoms with E-state index >= 15 is 0 Å². The smallest absolute Gasteiger partial charge is 0.0696 e. The van der Waals surface area contributed by atoms with Gasteiger partial charge in [0.05, 0.1) is 12.2 Å². The predicted molar refractivity (Wildman–Crippen MR) is 72.6 cm³/mol. The van der Waals surface area contributed by atoms with Gasteiger partial charge in [-0.15, -0.1) is 0 Å². The third-order valence-electron chi connectivity index (χ3n) is 4.08. The molecule has 0 radical (unpaired) electrons. The summed E-state index contributed by atoms with van der Waals surface area (Å²) in [4.78, 5) is 0. The summed E-state index contributed by atoms with van der Waals surface area (Å²) in [7, 11) is 0. The molecule has 0 heterocycles. The molecule has 0 aromatic carbocycles. The first-order valence-corrected chi connectivity index (χ1v) is 7.81. The summed E-state index contributed by atoms with van der Waals surface area (Å²) in [6.07, 6.45) is 12.2. The lowest BCUT2D eigenvalue weighted by Gasteiger charge is -2.30. The Morgan fingerprint density at radius 3 is 2.33 bits per heavy atom. The van der Waals surface area contributed by atoms with Crippen LogP contribution in [0.15, 0.2) is 0 Å². The van der Waals surface area contributed by atoms with E-state index in [2.05, 4.69) is 29.5 Å². The highest BCUT2D eigenvalue weighted by Gasteiger charge is 2.29. The van der Waals surface area contributed by atoms with Crippen LogP contribution in [0.4, 0.5) is 0 Å². The van der Waals surface area contributed by atoms with Crippen LogP contribution in [0.1, 0.15) is 58.3 Å². The molecule has 2 saturated carbocycles. The second-order valence-electron chi connectivity index (χ2n) is 5.22. The van der Waals surface area contributed by atoms with Crippen LogP contribution in [0.25, 0.3) is 0 Å². The minimum Gasteiger partial charge on any atom is -0.374 e. The van der Waals surface area contributed by atoms with Crippen molar-refractivity contribution in [2.75, 3.05) is 0 Å². The lowest BCUT2D eigenvalue weighted by atomic mass is 9.86. The van der Waals surface area contributed by atoms with Crippen molar-refractivity contribution < 1.29 is 4.74 Å². The SMILES string of the molecule is CC(OC1CCCC1I)C1CCCCC1. The van der Waals surface area contributed by atoms with E-state index in [1.54, 1.807) is 0 Å². The van der Waals surface area contributed by atoms with Crippen molar-refractivity contribution in [3.8, 4) is 0 Å². The first kappa shape index (κ1) is 12.2. The number of halogens is 1. The summed E-state index contributed by atoms with van der Waals surface area (Å²) in [6, 6.07) is 0. The Morgan fingerprint density at radius 1 is 1.00 bits per heavy atom. The molecule has 3 unspecified atom stereocenters. The van der Waals surface area contributed by atoms with Crippen molar-refractivity contribution in [3.63, 3.8) is 0 Å². The molecule has 2 fully saturated rings. The van der Waals surface area contributed by atoms with Crippen LogP contribution >= 0.6 is 22.6 Å². The maximum absolute atomic E-state index is 6.26. The Kier molecular flexibility index (Phi) is 4.74. The topological polar surface area (TPSA) is 9.23 Å². The highest BCUT2D eigenvalue weighted by atomic mass is 127. The zero-order valence-electron chi connectivity index (χ0n) is 9.75. The molecule has 0 N–H and O–H groups in total. The van der Waals surface area contributed by atoms with Crippen LogP contribution in [0.3, 0.4) is 0 Å². The van der Waals surface area contributed by atoms with Gasteiger partial charge in [-0.2, -0.15) is 0 Å². The molecule has 2 aliphatic carbocycles. The van der Waals surface area contributed by atoms with Crippen molar-refractivity contribution >= 4 is 22.6 Å². The standard InChI is InChI=1S/C13H23IO/c1-10(11-6-3-2-4-7-11)15-13-9-5-8-12(13)14/h10-13H,2-9H2,1H3. The largest absolute Gasteiger partial charge is 0.374 e. The minimum absolute atomic E-state index is 0.505. The fourth-order valence-electron chi connectivity index (χ4n) is 3.02. The Morgan fingerprint density at radius 2 is 1.73 bits per heavy atom. The van der Waals surface area contributed by atoms with Gasteiger partial charge in [0.1, 0.15) is 0 Å². The van der Waals surface area contributed by atoms with E-state index in [-0.39, 0.29) is 0 Å². The quantitative estimate of drug-likeness (QED) is 0.555. The molecular formula is C13H23IO. The van der Waals surface area contributed by atoms with Gasteiger partial charge in [0, 0.05) is 3.92 Å². The van der Waals surface area contributed by atoms with Gasteiger partial charge in [0.2, 0.25) is 0 Å². The van der Waals surface area contributed by atoms with Gasteiger partial charge in [-0.25, -0.2) is 0 Å². The number of rotatable bonds is 3. The zero-order valence-corrected chi connectivity index (χ0v) is 11.9. The molecular weight excluding hydrogens is 299 g/mol. The number of hydrogen-bond acceptors (Lipinski definition) is 1. The van der Waals surface area contributed by atoms with Gasteiger partial charge < -0.3 is 4.74 Å². The monoisotopic (exact) mass is 322 g/mol. The molecule has 15 heavy (non-hydrogen) atoms. The molecule has 2 heteroatoms. The average Bonchev–Trinajstić information content (AvgIpc) is 2.66. The van der Waals surface area contributed by atoms with Crippen LogP contribution in [0, 0.1) is 5.92 Å². The highest BCUT2D eigenvalue weighted by Crippen LogP contribution is 2.33. The third-order valence-corrected chi connectivity index (χ3v) is 5.50. The summed E-state index contributed by atoms with van der Waals surface area (Å²) >= 11 is 2.57. The third kappa shape index (κ3) is 3.32. The Labute approximate surface area is 107 Å². The summed E-state index contributed by atoms with van der Waals surface area (Å²) in [5.41, 5.74) is 0. The number of ether oxygens (including phenoxy) is 1. The molecule has 0 amide bonds. The van der Waals surface area contributed by atoms with E-state index in [4.69, 9.17) is 4.74 Å². The van der Waals surface area contributed by atoms with Crippen molar-refractivity contribution in [3.05, 3.63) is 0 Å². The lowest BCUT2D eigenvalue weighted by molar-refractivity contribution is -0.0332. The van der Waals surface area contributed by atoms with Gasteiger partial charge in [-0.1, -0.05) is 41.9 Å². The molecule has 0 aromatic rings. The Bertz CT molecular complexity index is 189. The maximum atomic E-state index is 6.26. The van der Waals surface area contributed by atoms with Gasteiger partial charge in [0.15, 0.2) is 0 Å². The first-order valence-electron chi connectivity index (χ1n) is 6.57. The highest BCUT2D eigenvalue weighted by molar-refractivity contribution is 14.1. The molecule has 2 rings (SSSR count). The van der Waals surface area contributed by atoms with Gasteiger partial charge >= 0.3 is 0 Å². The van der Waals surface area contributed by atoms with Crippen LogP contribution in [0.2, 0.25) is 0 Å². The van der Waals surface area contributed by atoms with Crippen LogP contribution in [-0.4, -0.2) is 16.1 Å². The fraction of sp³-hybridized carbons (Fsp3) is 1.00. The van der Waals surface area contributed by atoms with Crippen molar-refractivity contribution in [1.29, 1.82) is 0 Å². The second-order valence-corrected chi connectivity index (χ2v) is 6.82. The fourth-order valence-corrected chi connectivity index (χ4v) is 3.99. The molecule has 2 aliphatic rings. The molecule has 1 nitrogen and oxygen atoms in total. The van der Waals surface area contributed by atoms with Crippen molar-refractivity contribution in [2.24, 2.45) is 5.92 Å². The number of hydrogen-bond donors (Lipinski definition) is 0. The van der Waals surface area contributed by atoms with E-state index in [0.29, 0.717) is 12.2 Å². The van der Waals surface area contributed by atoms with Crippen molar-refractivity contribution in [2.45, 2.75) is 74.4 Å². The van der Waals surface area contributed by atoms with Crippen LogP contribution < -0.4 is 0 Å². The summed E-state index contributed by atoms with van der Waals surface area (Å²) in [5, 5.41) is 0. The van der Waals surface area contributed by atoms with E-state index in [9.17, 15) is 0 Å². The van der Waals surface area contributed by atoms with Crippen LogP contribution in [0.5, 0.6) is 0 Å². The number of alkyl halides is 1. The summed E-state index contributed by atoms with van der Waals surface area (Å²) in [6.45, 7) is 2.30. The molecule has 0 bridgehead atoms. The Hall–Kier alpha value is 0.690. The normalized spacial score (nSPS) is 35.6. The first-order chi connectivity index (χ1) is 7.27. The maximum Gasteiger partial charge on any atom is 0.0696 e.